The van der Waals surface area contributed by atoms with E-state index in [0.29, 0.717) is 6.54 Å². The quantitative estimate of drug-likeness (QED) is 0.796. The summed E-state index contributed by atoms with van der Waals surface area (Å²) >= 11 is 0. The molecule has 0 aliphatic heterocycles. The van der Waals surface area contributed by atoms with Crippen LogP contribution in [-0.2, 0) is 0 Å². The highest BCUT2D eigenvalue weighted by atomic mass is 15.1. The van der Waals surface area contributed by atoms with E-state index in [-0.39, 0.29) is 5.54 Å². The molecule has 2 aromatic rings. The predicted molar refractivity (Wildman–Crippen MR) is 61.9 cm³/mol. The zero-order chi connectivity index (χ0) is 10.9. The first-order valence-corrected chi connectivity index (χ1v) is 5.03. The molecule has 2 rings (SSSR count). The van der Waals surface area contributed by atoms with Crippen molar-refractivity contribution in [3.63, 3.8) is 0 Å². The van der Waals surface area contributed by atoms with Crippen LogP contribution in [0.5, 0.6) is 0 Å². The molecule has 4 nitrogen and oxygen atoms in total. The highest BCUT2D eigenvalue weighted by Crippen LogP contribution is 2.15. The summed E-state index contributed by atoms with van der Waals surface area (Å²) in [7, 11) is 0. The van der Waals surface area contributed by atoms with Gasteiger partial charge in [-0.25, -0.2) is 4.98 Å². The van der Waals surface area contributed by atoms with E-state index in [9.17, 15) is 0 Å². The van der Waals surface area contributed by atoms with Gasteiger partial charge in [0.1, 0.15) is 11.5 Å². The van der Waals surface area contributed by atoms with Crippen molar-refractivity contribution in [2.45, 2.75) is 19.4 Å². The molecule has 0 unspecified atom stereocenters. The van der Waals surface area contributed by atoms with Crippen LogP contribution in [0.15, 0.2) is 30.6 Å². The third-order valence-electron chi connectivity index (χ3n) is 2.41. The maximum Gasteiger partial charge on any atom is 0.138 e. The Balaban J connectivity index is 2.39. The smallest absolute Gasteiger partial charge is 0.138 e. The fraction of sp³-hybridized carbons (Fsp3) is 0.364. The molecule has 0 aliphatic rings. The Bertz CT molecular complexity index is 458. The summed E-state index contributed by atoms with van der Waals surface area (Å²) in [5, 5.41) is 3.40. The zero-order valence-corrected chi connectivity index (χ0v) is 9.07. The molecule has 0 bridgehead atoms. The van der Waals surface area contributed by atoms with Crippen LogP contribution in [0.2, 0.25) is 0 Å². The average Bonchev–Trinajstić information content (AvgIpc) is 2.66. The number of anilines is 1. The van der Waals surface area contributed by atoms with Gasteiger partial charge in [-0.1, -0.05) is 6.07 Å². The molecule has 0 fully saturated rings. The molecule has 0 aliphatic carbocycles. The molecule has 2 heterocycles. The summed E-state index contributed by atoms with van der Waals surface area (Å²) < 4.78 is 2.01. The monoisotopic (exact) mass is 204 g/mol. The summed E-state index contributed by atoms with van der Waals surface area (Å²) in [5.74, 6) is 1.01. The molecular weight excluding hydrogens is 188 g/mol. The Hall–Kier alpha value is -1.55. The Labute approximate surface area is 89.1 Å². The maximum absolute atomic E-state index is 5.69. The van der Waals surface area contributed by atoms with Crippen LogP contribution in [-0.4, -0.2) is 21.5 Å². The van der Waals surface area contributed by atoms with Crippen molar-refractivity contribution < 1.29 is 0 Å². The van der Waals surface area contributed by atoms with Crippen LogP contribution in [0.3, 0.4) is 0 Å². The SMILES string of the molecule is CC(C)(CN)Nc1cccc2nccn12. The van der Waals surface area contributed by atoms with E-state index in [1.165, 1.54) is 0 Å². The number of nitrogens with two attached hydrogens (primary N) is 1. The molecule has 15 heavy (non-hydrogen) atoms. The maximum atomic E-state index is 5.69. The first kappa shape index (κ1) is 9.98. The molecule has 0 amide bonds. The van der Waals surface area contributed by atoms with Gasteiger partial charge in [-0.2, -0.15) is 0 Å². The van der Waals surface area contributed by atoms with Crippen LogP contribution in [0.1, 0.15) is 13.8 Å². The number of hydrogen-bond acceptors (Lipinski definition) is 3. The standard InChI is InChI=1S/C11H16N4/c1-11(2,8-12)14-10-5-3-4-9-13-6-7-15(9)10/h3-7,14H,8,12H2,1-2H3. The van der Waals surface area contributed by atoms with Gasteiger partial charge in [-0.15, -0.1) is 0 Å². The lowest BCUT2D eigenvalue weighted by molar-refractivity contribution is 0.576. The number of nitrogens with zero attached hydrogens (tertiary/aromatic N) is 2. The van der Waals surface area contributed by atoms with Gasteiger partial charge >= 0.3 is 0 Å². The van der Waals surface area contributed by atoms with Crippen LogP contribution < -0.4 is 11.1 Å². The van der Waals surface area contributed by atoms with Gasteiger partial charge in [-0.05, 0) is 26.0 Å². The number of nitrogens with one attached hydrogen (secondary N) is 1. The van der Waals surface area contributed by atoms with E-state index in [4.69, 9.17) is 5.73 Å². The molecule has 0 radical (unpaired) electrons. The molecule has 0 aromatic carbocycles. The van der Waals surface area contributed by atoms with Gasteiger partial charge in [0.05, 0.1) is 0 Å². The topological polar surface area (TPSA) is 55.3 Å². The van der Waals surface area contributed by atoms with Gasteiger partial charge in [0, 0.05) is 24.5 Å². The summed E-state index contributed by atoms with van der Waals surface area (Å²) in [6.07, 6.45) is 3.72. The van der Waals surface area contributed by atoms with Gasteiger partial charge in [0.2, 0.25) is 0 Å². The molecule has 2 aromatic heterocycles. The fourth-order valence-corrected chi connectivity index (χ4v) is 1.45. The molecule has 0 saturated carbocycles. The van der Waals surface area contributed by atoms with Gasteiger partial charge < -0.3 is 11.1 Å². The van der Waals surface area contributed by atoms with E-state index in [0.717, 1.165) is 11.5 Å². The number of aromatic nitrogens is 2. The first-order valence-electron chi connectivity index (χ1n) is 5.03. The molecule has 3 N–H and O–H groups in total. The highest BCUT2D eigenvalue weighted by molar-refractivity contribution is 5.50. The minimum atomic E-state index is -0.113. The lowest BCUT2D eigenvalue weighted by atomic mass is 10.1. The van der Waals surface area contributed by atoms with Crippen LogP contribution in [0.4, 0.5) is 5.82 Å². The number of fused-ring (bicyclic) bond motifs is 1. The lowest BCUT2D eigenvalue weighted by Crippen LogP contribution is -2.39. The molecular formula is C11H16N4. The second kappa shape index (κ2) is 3.55. The minimum Gasteiger partial charge on any atom is -0.365 e. The molecule has 0 saturated heterocycles. The van der Waals surface area contributed by atoms with E-state index < -0.39 is 0 Å². The second-order valence-electron chi connectivity index (χ2n) is 4.28. The normalized spacial score (nSPS) is 11.9. The van der Waals surface area contributed by atoms with Crippen molar-refractivity contribution in [2.75, 3.05) is 11.9 Å². The fourth-order valence-electron chi connectivity index (χ4n) is 1.45. The van der Waals surface area contributed by atoms with E-state index >= 15 is 0 Å². The largest absolute Gasteiger partial charge is 0.365 e. The molecule has 80 valence electrons. The molecule has 0 spiro atoms. The van der Waals surface area contributed by atoms with Gasteiger partial charge in [0.25, 0.3) is 0 Å². The van der Waals surface area contributed by atoms with Crippen LogP contribution in [0.25, 0.3) is 5.65 Å². The third kappa shape index (κ3) is 1.94. The lowest BCUT2D eigenvalue weighted by Gasteiger charge is -2.26. The zero-order valence-electron chi connectivity index (χ0n) is 9.07. The Morgan fingerprint density at radius 2 is 2.27 bits per heavy atom. The second-order valence-corrected chi connectivity index (χ2v) is 4.28. The van der Waals surface area contributed by atoms with Gasteiger partial charge in [-0.3, -0.25) is 4.40 Å². The predicted octanol–water partition coefficient (Wildman–Crippen LogP) is 1.48. The number of rotatable bonds is 3. The molecule has 0 atom stereocenters. The molecule has 4 heteroatoms. The van der Waals surface area contributed by atoms with Crippen molar-refractivity contribution in [1.82, 2.24) is 9.38 Å². The number of imidazole rings is 1. The summed E-state index contributed by atoms with van der Waals surface area (Å²) in [4.78, 5) is 4.23. The van der Waals surface area contributed by atoms with Crippen molar-refractivity contribution in [2.24, 2.45) is 5.73 Å². The number of hydrogen-bond donors (Lipinski definition) is 2. The average molecular weight is 204 g/mol. The van der Waals surface area contributed by atoms with E-state index in [1.54, 1.807) is 6.20 Å². The summed E-state index contributed by atoms with van der Waals surface area (Å²) in [6, 6.07) is 5.98. The number of pyridine rings is 1. The van der Waals surface area contributed by atoms with Crippen molar-refractivity contribution >= 4 is 11.5 Å². The Morgan fingerprint density at radius 1 is 1.47 bits per heavy atom. The van der Waals surface area contributed by atoms with Crippen LogP contribution in [0, 0.1) is 0 Å². The van der Waals surface area contributed by atoms with Crippen molar-refractivity contribution in [3.8, 4) is 0 Å². The highest BCUT2D eigenvalue weighted by Gasteiger charge is 2.15. The Kier molecular flexibility index (Phi) is 2.36. The first-order chi connectivity index (χ1) is 7.12. The minimum absolute atomic E-state index is 0.113. The Morgan fingerprint density at radius 3 is 3.00 bits per heavy atom. The third-order valence-corrected chi connectivity index (χ3v) is 2.41. The summed E-state index contributed by atoms with van der Waals surface area (Å²) in [5.41, 5.74) is 6.51. The van der Waals surface area contributed by atoms with Crippen LogP contribution >= 0.6 is 0 Å². The summed E-state index contributed by atoms with van der Waals surface area (Å²) in [6.45, 7) is 4.73. The van der Waals surface area contributed by atoms with Crippen molar-refractivity contribution in [3.05, 3.63) is 30.6 Å². The van der Waals surface area contributed by atoms with Crippen molar-refractivity contribution in [1.29, 1.82) is 0 Å². The van der Waals surface area contributed by atoms with E-state index in [2.05, 4.69) is 24.1 Å². The van der Waals surface area contributed by atoms with E-state index in [1.807, 2.05) is 28.8 Å². The van der Waals surface area contributed by atoms with Gasteiger partial charge in [0.15, 0.2) is 0 Å².